The Kier molecular flexibility index (Phi) is 4.15. The van der Waals surface area contributed by atoms with Gasteiger partial charge in [0.15, 0.2) is 0 Å². The molecule has 27 heavy (non-hydrogen) atoms. The lowest BCUT2D eigenvalue weighted by molar-refractivity contribution is -0.00955. The van der Waals surface area contributed by atoms with Crippen molar-refractivity contribution in [1.82, 2.24) is 20.2 Å². The van der Waals surface area contributed by atoms with E-state index in [0.717, 1.165) is 55.8 Å². The third-order valence-electron chi connectivity index (χ3n) is 7.61. The summed E-state index contributed by atoms with van der Waals surface area (Å²) in [4.78, 5) is 35.2. The van der Waals surface area contributed by atoms with E-state index in [1.165, 1.54) is 19.3 Å². The van der Waals surface area contributed by atoms with Gasteiger partial charge >= 0.3 is 0 Å². The Morgan fingerprint density at radius 1 is 1.22 bits per heavy atom. The zero-order valence-corrected chi connectivity index (χ0v) is 16.2. The van der Waals surface area contributed by atoms with E-state index in [2.05, 4.69) is 22.2 Å². The number of nitrogens with one attached hydrogen (secondary N) is 2. The van der Waals surface area contributed by atoms with Gasteiger partial charge in [-0.15, -0.1) is 0 Å². The maximum Gasteiger partial charge on any atom is 0.263 e. The monoisotopic (exact) mass is 370 g/mol. The topological polar surface area (TPSA) is 78.1 Å². The highest BCUT2D eigenvalue weighted by Crippen LogP contribution is 2.59. The first-order valence-corrected chi connectivity index (χ1v) is 10.7. The van der Waals surface area contributed by atoms with E-state index < -0.39 is 0 Å². The van der Waals surface area contributed by atoms with Crippen molar-refractivity contribution in [2.24, 2.45) is 17.8 Å². The van der Waals surface area contributed by atoms with Crippen molar-refractivity contribution >= 4 is 5.91 Å². The quantitative estimate of drug-likeness (QED) is 0.854. The normalized spacial score (nSPS) is 37.6. The van der Waals surface area contributed by atoms with Crippen molar-refractivity contribution in [3.63, 3.8) is 0 Å². The fourth-order valence-corrected chi connectivity index (χ4v) is 6.67. The molecule has 4 bridgehead atoms. The molecule has 1 amide bonds. The van der Waals surface area contributed by atoms with Crippen LogP contribution in [0.3, 0.4) is 0 Å². The van der Waals surface area contributed by atoms with Gasteiger partial charge in [-0.3, -0.25) is 9.59 Å². The van der Waals surface area contributed by atoms with Crippen LogP contribution in [0.5, 0.6) is 0 Å². The number of H-pyrrole nitrogens is 1. The summed E-state index contributed by atoms with van der Waals surface area (Å²) in [6.45, 7) is 4.19. The fraction of sp³-hybridized carbons (Fsp3) is 0.762. The first-order valence-electron chi connectivity index (χ1n) is 10.7. The van der Waals surface area contributed by atoms with Gasteiger partial charge in [-0.2, -0.15) is 0 Å². The number of carbonyl (C=O) groups is 1. The van der Waals surface area contributed by atoms with Gasteiger partial charge in [0.2, 0.25) is 0 Å². The predicted octanol–water partition coefficient (Wildman–Crippen LogP) is 2.06. The predicted molar refractivity (Wildman–Crippen MR) is 103 cm³/mol. The highest BCUT2D eigenvalue weighted by molar-refractivity contribution is 5.93. The van der Waals surface area contributed by atoms with Crippen LogP contribution < -0.4 is 10.9 Å². The number of hydrogen-bond donors (Lipinski definition) is 2. The molecular formula is C21H30N4O2. The summed E-state index contributed by atoms with van der Waals surface area (Å²) < 4.78 is 0. The van der Waals surface area contributed by atoms with Crippen molar-refractivity contribution in [3.8, 4) is 0 Å². The SMILES string of the molecule is CC[C@@H]1CN(C(=O)c2cnc(C34CC5CC(CC(C5)C3)C4)[nH]c2=O)CCN1. The van der Waals surface area contributed by atoms with E-state index in [1.54, 1.807) is 11.1 Å². The smallest absolute Gasteiger partial charge is 0.263 e. The van der Waals surface area contributed by atoms with Crippen LogP contribution in [0.15, 0.2) is 11.0 Å². The van der Waals surface area contributed by atoms with Crippen LogP contribution in [0.25, 0.3) is 0 Å². The Morgan fingerprint density at radius 3 is 2.48 bits per heavy atom. The average molecular weight is 370 g/mol. The van der Waals surface area contributed by atoms with Gasteiger partial charge in [0.1, 0.15) is 11.4 Å². The van der Waals surface area contributed by atoms with Crippen LogP contribution in [-0.4, -0.2) is 46.5 Å². The molecule has 6 nitrogen and oxygen atoms in total. The molecule has 4 aliphatic carbocycles. The second kappa shape index (κ2) is 6.43. The second-order valence-electron chi connectivity index (χ2n) is 9.48. The van der Waals surface area contributed by atoms with Crippen LogP contribution in [0.4, 0.5) is 0 Å². The lowest BCUT2D eigenvalue weighted by atomic mass is 9.49. The first kappa shape index (κ1) is 17.4. The maximum atomic E-state index is 12.9. The Labute approximate surface area is 160 Å². The van der Waals surface area contributed by atoms with Gasteiger partial charge < -0.3 is 15.2 Å². The van der Waals surface area contributed by atoms with E-state index in [-0.39, 0.29) is 22.4 Å². The molecule has 1 aliphatic heterocycles. The molecule has 0 spiro atoms. The van der Waals surface area contributed by atoms with Gasteiger partial charge in [-0.1, -0.05) is 6.92 Å². The van der Waals surface area contributed by atoms with Crippen LogP contribution in [0, 0.1) is 17.8 Å². The largest absolute Gasteiger partial charge is 0.336 e. The lowest BCUT2D eigenvalue weighted by Gasteiger charge is -2.56. The van der Waals surface area contributed by atoms with Crippen molar-refractivity contribution in [1.29, 1.82) is 0 Å². The van der Waals surface area contributed by atoms with Crippen molar-refractivity contribution in [2.75, 3.05) is 19.6 Å². The van der Waals surface area contributed by atoms with Crippen LogP contribution in [0.1, 0.15) is 68.1 Å². The number of amides is 1. The summed E-state index contributed by atoms with van der Waals surface area (Å²) in [5, 5.41) is 3.41. The van der Waals surface area contributed by atoms with E-state index in [9.17, 15) is 9.59 Å². The number of rotatable bonds is 3. The molecule has 1 atom stereocenters. The molecule has 1 saturated heterocycles. The average Bonchev–Trinajstić information content (AvgIpc) is 2.66. The molecule has 2 heterocycles. The molecule has 4 saturated carbocycles. The van der Waals surface area contributed by atoms with E-state index in [0.29, 0.717) is 19.1 Å². The molecule has 5 aliphatic rings. The molecule has 1 aromatic heterocycles. The summed E-state index contributed by atoms with van der Waals surface area (Å²) in [5.41, 5.74) is -0.00904. The maximum absolute atomic E-state index is 12.9. The molecule has 146 valence electrons. The van der Waals surface area contributed by atoms with Crippen molar-refractivity contribution in [2.45, 2.75) is 63.3 Å². The van der Waals surface area contributed by atoms with E-state index in [4.69, 9.17) is 0 Å². The molecule has 1 aromatic rings. The molecule has 6 rings (SSSR count). The second-order valence-corrected chi connectivity index (χ2v) is 9.48. The summed E-state index contributed by atoms with van der Waals surface area (Å²) >= 11 is 0. The van der Waals surface area contributed by atoms with Crippen LogP contribution >= 0.6 is 0 Å². The molecule has 0 unspecified atom stereocenters. The number of piperazine rings is 1. The highest BCUT2D eigenvalue weighted by atomic mass is 16.2. The number of nitrogens with zero attached hydrogens (tertiary/aromatic N) is 2. The third-order valence-corrected chi connectivity index (χ3v) is 7.61. The minimum absolute atomic E-state index is 0.0534. The van der Waals surface area contributed by atoms with Crippen molar-refractivity contribution in [3.05, 3.63) is 27.9 Å². The van der Waals surface area contributed by atoms with Gasteiger partial charge in [0, 0.05) is 37.3 Å². The first-order chi connectivity index (χ1) is 13.1. The number of aromatic amines is 1. The number of hydrogen-bond acceptors (Lipinski definition) is 4. The minimum atomic E-state index is -0.257. The standard InChI is InChI=1S/C21H30N4O2/c1-2-16-12-25(4-3-22-16)19(27)17-11-23-20(24-18(17)26)21-8-13-5-14(9-21)7-15(6-13)10-21/h11,13-16,22H,2-10,12H2,1H3,(H,23,24,26)/t13?,14?,15?,16-,21?/m1/s1. The zero-order valence-electron chi connectivity index (χ0n) is 16.2. The molecular weight excluding hydrogens is 340 g/mol. The summed E-state index contributed by atoms with van der Waals surface area (Å²) in [6.07, 6.45) is 10.1. The van der Waals surface area contributed by atoms with E-state index in [1.807, 2.05) is 0 Å². The summed E-state index contributed by atoms with van der Waals surface area (Å²) in [5.74, 6) is 3.06. The third kappa shape index (κ3) is 2.93. The summed E-state index contributed by atoms with van der Waals surface area (Å²) in [6, 6.07) is 0.307. The van der Waals surface area contributed by atoms with Crippen LogP contribution in [-0.2, 0) is 5.41 Å². The van der Waals surface area contributed by atoms with Gasteiger partial charge in [-0.25, -0.2) is 4.98 Å². The Bertz CT molecular complexity index is 766. The Morgan fingerprint density at radius 2 is 1.89 bits per heavy atom. The Hall–Kier alpha value is -1.69. The number of aromatic nitrogens is 2. The van der Waals surface area contributed by atoms with Gasteiger partial charge in [0.25, 0.3) is 11.5 Å². The molecule has 2 N–H and O–H groups in total. The van der Waals surface area contributed by atoms with Gasteiger partial charge in [-0.05, 0) is 62.7 Å². The molecule has 6 heteroatoms. The van der Waals surface area contributed by atoms with Crippen LogP contribution in [0.2, 0.25) is 0 Å². The lowest BCUT2D eigenvalue weighted by Crippen LogP contribution is -2.53. The molecule has 0 aromatic carbocycles. The highest BCUT2D eigenvalue weighted by Gasteiger charge is 2.53. The van der Waals surface area contributed by atoms with Crippen molar-refractivity contribution < 1.29 is 4.79 Å². The fourth-order valence-electron chi connectivity index (χ4n) is 6.67. The molecule has 0 radical (unpaired) electrons. The molecule has 5 fully saturated rings. The zero-order chi connectivity index (χ0) is 18.6. The van der Waals surface area contributed by atoms with Gasteiger partial charge in [0.05, 0.1) is 0 Å². The minimum Gasteiger partial charge on any atom is -0.336 e. The summed E-state index contributed by atoms with van der Waals surface area (Å²) in [7, 11) is 0. The number of carbonyl (C=O) groups excluding carboxylic acids is 1. The van der Waals surface area contributed by atoms with E-state index >= 15 is 0 Å². The Balaban J connectivity index is 1.40.